The van der Waals surface area contributed by atoms with Crippen LogP contribution in [-0.4, -0.2) is 60.3 Å². The van der Waals surface area contributed by atoms with E-state index in [-0.39, 0.29) is 18.7 Å². The highest BCUT2D eigenvalue weighted by Gasteiger charge is 2.30. The van der Waals surface area contributed by atoms with Crippen LogP contribution in [-0.2, 0) is 6.42 Å². The van der Waals surface area contributed by atoms with E-state index in [4.69, 9.17) is 0 Å². The summed E-state index contributed by atoms with van der Waals surface area (Å²) in [6.07, 6.45) is 3.20. The van der Waals surface area contributed by atoms with Gasteiger partial charge >= 0.3 is 6.03 Å². The number of nitrogens with one attached hydrogen (secondary N) is 1. The van der Waals surface area contributed by atoms with Gasteiger partial charge in [0.2, 0.25) is 0 Å². The Labute approximate surface area is 144 Å². The van der Waals surface area contributed by atoms with Crippen LogP contribution >= 0.6 is 0 Å². The van der Waals surface area contributed by atoms with Crippen molar-refractivity contribution in [3.63, 3.8) is 0 Å². The zero-order valence-electron chi connectivity index (χ0n) is 14.6. The Morgan fingerprint density at radius 2 is 2.17 bits per heavy atom. The molecule has 2 aliphatic rings. The normalized spacial score (nSPS) is 24.0. The molecule has 24 heavy (non-hydrogen) atoms. The fourth-order valence-electron chi connectivity index (χ4n) is 4.02. The van der Waals surface area contributed by atoms with Crippen LogP contribution in [0, 0.1) is 5.92 Å². The molecule has 0 aromatic heterocycles. The molecule has 2 aliphatic heterocycles. The Morgan fingerprint density at radius 1 is 1.33 bits per heavy atom. The molecule has 3 rings (SSSR count). The number of aliphatic hydroxyl groups excluding tert-OH is 1. The molecule has 5 heteroatoms. The summed E-state index contributed by atoms with van der Waals surface area (Å²) in [5.74, 6) is 0.546. The van der Waals surface area contributed by atoms with Gasteiger partial charge in [-0.1, -0.05) is 31.2 Å². The van der Waals surface area contributed by atoms with E-state index in [1.807, 2.05) is 18.2 Å². The highest BCUT2D eigenvalue weighted by atomic mass is 16.3. The molecule has 1 saturated heterocycles. The van der Waals surface area contributed by atoms with Gasteiger partial charge in [-0.05, 0) is 49.4 Å². The number of nitrogens with zero attached hydrogens (tertiary/aromatic N) is 2. The predicted octanol–water partition coefficient (Wildman–Crippen LogP) is 2.02. The van der Waals surface area contributed by atoms with E-state index in [2.05, 4.69) is 23.2 Å². The van der Waals surface area contributed by atoms with Crippen LogP contribution in [0.1, 0.15) is 36.9 Å². The third-order valence-corrected chi connectivity index (χ3v) is 5.30. The van der Waals surface area contributed by atoms with Crippen molar-refractivity contribution in [3.05, 3.63) is 35.4 Å². The van der Waals surface area contributed by atoms with E-state index in [1.54, 1.807) is 4.90 Å². The number of benzene rings is 1. The number of urea groups is 1. The number of rotatable bonds is 5. The molecule has 0 aliphatic carbocycles. The summed E-state index contributed by atoms with van der Waals surface area (Å²) < 4.78 is 0. The fourth-order valence-corrected chi connectivity index (χ4v) is 4.02. The van der Waals surface area contributed by atoms with Crippen LogP contribution in [0.5, 0.6) is 0 Å². The first kappa shape index (κ1) is 17.2. The Balaban J connectivity index is 1.56. The van der Waals surface area contributed by atoms with Gasteiger partial charge in [-0.25, -0.2) is 4.79 Å². The maximum absolute atomic E-state index is 12.6. The molecule has 0 radical (unpaired) electrons. The van der Waals surface area contributed by atoms with Gasteiger partial charge in [-0.15, -0.1) is 0 Å². The first-order valence-corrected chi connectivity index (χ1v) is 9.18. The molecule has 2 unspecified atom stereocenters. The number of hydrogen-bond acceptors (Lipinski definition) is 3. The Bertz CT molecular complexity index is 563. The average molecular weight is 331 g/mol. The predicted molar refractivity (Wildman–Crippen MR) is 94.9 cm³/mol. The van der Waals surface area contributed by atoms with E-state index in [9.17, 15) is 9.90 Å². The van der Waals surface area contributed by atoms with Crippen LogP contribution in [0.4, 0.5) is 4.79 Å². The summed E-state index contributed by atoms with van der Waals surface area (Å²) in [6, 6.07) is 7.84. The molecule has 0 spiro atoms. The first-order valence-electron chi connectivity index (χ1n) is 9.18. The van der Waals surface area contributed by atoms with Crippen LogP contribution in [0.3, 0.4) is 0 Å². The molecule has 1 fully saturated rings. The second-order valence-electron chi connectivity index (χ2n) is 6.98. The Hall–Kier alpha value is -1.59. The SMILES string of the molecule is CCCN1CCC(CNC(=O)N2CCc3ccccc3C2CO)C1. The summed E-state index contributed by atoms with van der Waals surface area (Å²) in [5, 5.41) is 12.9. The quantitative estimate of drug-likeness (QED) is 0.868. The van der Waals surface area contributed by atoms with E-state index in [0.29, 0.717) is 12.5 Å². The number of likely N-dealkylation sites (tertiary alicyclic amines) is 1. The van der Waals surface area contributed by atoms with E-state index in [1.165, 1.54) is 12.0 Å². The van der Waals surface area contributed by atoms with E-state index in [0.717, 1.165) is 44.6 Å². The van der Waals surface area contributed by atoms with Gasteiger partial charge in [0.05, 0.1) is 12.6 Å². The number of hydrogen-bond donors (Lipinski definition) is 2. The third-order valence-electron chi connectivity index (χ3n) is 5.30. The number of fused-ring (bicyclic) bond motifs is 1. The highest BCUT2D eigenvalue weighted by Crippen LogP contribution is 2.29. The van der Waals surface area contributed by atoms with E-state index >= 15 is 0 Å². The zero-order chi connectivity index (χ0) is 16.9. The van der Waals surface area contributed by atoms with Crippen LogP contribution in [0.25, 0.3) is 0 Å². The largest absolute Gasteiger partial charge is 0.394 e. The van der Waals surface area contributed by atoms with Gasteiger partial charge in [0.15, 0.2) is 0 Å². The third kappa shape index (κ3) is 3.73. The van der Waals surface area contributed by atoms with E-state index < -0.39 is 0 Å². The lowest BCUT2D eigenvalue weighted by atomic mass is 9.93. The second kappa shape index (κ2) is 7.99. The van der Waals surface area contributed by atoms with Gasteiger partial charge in [0.25, 0.3) is 0 Å². The average Bonchev–Trinajstić information content (AvgIpc) is 3.06. The maximum atomic E-state index is 12.6. The monoisotopic (exact) mass is 331 g/mol. The minimum atomic E-state index is -0.227. The van der Waals surface area contributed by atoms with Gasteiger partial charge in [0, 0.05) is 19.6 Å². The van der Waals surface area contributed by atoms with Gasteiger partial charge in [-0.2, -0.15) is 0 Å². The topological polar surface area (TPSA) is 55.8 Å². The van der Waals surface area contributed by atoms with Crippen LogP contribution < -0.4 is 5.32 Å². The Morgan fingerprint density at radius 3 is 2.96 bits per heavy atom. The summed E-state index contributed by atoms with van der Waals surface area (Å²) in [7, 11) is 0. The summed E-state index contributed by atoms with van der Waals surface area (Å²) >= 11 is 0. The van der Waals surface area contributed by atoms with Crippen molar-refractivity contribution in [2.75, 3.05) is 39.3 Å². The van der Waals surface area contributed by atoms with Crippen LogP contribution in [0.15, 0.2) is 24.3 Å². The Kier molecular flexibility index (Phi) is 5.74. The number of aliphatic hydroxyl groups is 1. The molecule has 5 nitrogen and oxygen atoms in total. The number of amides is 2. The minimum absolute atomic E-state index is 0.0296. The molecular formula is C19H29N3O2. The standard InChI is InChI=1S/C19H29N3O2/c1-2-9-21-10-7-15(13-21)12-20-19(24)22-11-8-16-5-3-4-6-17(16)18(22)14-23/h3-6,15,18,23H,2,7-14H2,1H3,(H,20,24). The molecule has 1 aromatic carbocycles. The molecule has 0 bridgehead atoms. The van der Waals surface area contributed by atoms with Gasteiger partial charge < -0.3 is 20.2 Å². The van der Waals surface area contributed by atoms with Crippen molar-refractivity contribution in [2.45, 2.75) is 32.2 Å². The lowest BCUT2D eigenvalue weighted by Gasteiger charge is -2.36. The lowest BCUT2D eigenvalue weighted by Crippen LogP contribution is -2.48. The van der Waals surface area contributed by atoms with Crippen molar-refractivity contribution in [3.8, 4) is 0 Å². The number of carbonyl (C=O) groups excluding carboxylic acids is 1. The molecule has 132 valence electrons. The highest BCUT2D eigenvalue weighted by molar-refractivity contribution is 5.75. The molecule has 2 amide bonds. The lowest BCUT2D eigenvalue weighted by molar-refractivity contribution is 0.126. The second-order valence-corrected chi connectivity index (χ2v) is 6.98. The van der Waals surface area contributed by atoms with Gasteiger partial charge in [-0.3, -0.25) is 0 Å². The fraction of sp³-hybridized carbons (Fsp3) is 0.632. The molecule has 2 atom stereocenters. The summed E-state index contributed by atoms with van der Waals surface area (Å²) in [6.45, 7) is 6.96. The van der Waals surface area contributed by atoms with Crippen molar-refractivity contribution >= 4 is 6.03 Å². The number of carbonyl (C=O) groups is 1. The maximum Gasteiger partial charge on any atom is 0.318 e. The van der Waals surface area contributed by atoms with Crippen molar-refractivity contribution < 1.29 is 9.90 Å². The smallest absolute Gasteiger partial charge is 0.318 e. The molecule has 2 N–H and O–H groups in total. The molecular weight excluding hydrogens is 302 g/mol. The molecule has 0 saturated carbocycles. The summed E-state index contributed by atoms with van der Waals surface area (Å²) in [4.78, 5) is 16.9. The molecule has 2 heterocycles. The zero-order valence-corrected chi connectivity index (χ0v) is 14.6. The van der Waals surface area contributed by atoms with Crippen molar-refractivity contribution in [1.82, 2.24) is 15.1 Å². The van der Waals surface area contributed by atoms with Gasteiger partial charge in [0.1, 0.15) is 0 Å². The minimum Gasteiger partial charge on any atom is -0.394 e. The molecule has 1 aromatic rings. The van der Waals surface area contributed by atoms with Crippen molar-refractivity contribution in [1.29, 1.82) is 0 Å². The first-order chi connectivity index (χ1) is 11.7. The van der Waals surface area contributed by atoms with Crippen molar-refractivity contribution in [2.24, 2.45) is 5.92 Å². The summed E-state index contributed by atoms with van der Waals surface area (Å²) in [5.41, 5.74) is 2.32. The van der Waals surface area contributed by atoms with Crippen LogP contribution in [0.2, 0.25) is 0 Å².